The summed E-state index contributed by atoms with van der Waals surface area (Å²) in [4.78, 5) is 8.76. The Labute approximate surface area is 114 Å². The van der Waals surface area contributed by atoms with E-state index in [9.17, 15) is 0 Å². The fraction of sp³-hybridized carbons (Fsp3) is 0.133. The Kier molecular flexibility index (Phi) is 1.65. The van der Waals surface area contributed by atoms with Crippen LogP contribution in [0, 0.1) is 0 Å². The predicted octanol–water partition coefficient (Wildman–Crippen LogP) is 1.54. The number of aromatic nitrogens is 5. The van der Waals surface area contributed by atoms with E-state index in [-0.39, 0.29) is 0 Å². The molecule has 5 heteroatoms. The van der Waals surface area contributed by atoms with Crippen LogP contribution in [0.4, 0.5) is 0 Å². The summed E-state index contributed by atoms with van der Waals surface area (Å²) in [7, 11) is 2.09. The van der Waals surface area contributed by atoms with Crippen molar-refractivity contribution in [1.29, 1.82) is 0 Å². The van der Waals surface area contributed by atoms with Gasteiger partial charge in [-0.2, -0.15) is 4.40 Å². The van der Waals surface area contributed by atoms with Gasteiger partial charge in [0.2, 0.25) is 5.65 Å². The molecule has 0 aliphatic carbocycles. The zero-order valence-corrected chi connectivity index (χ0v) is 11.0. The second-order valence-electron chi connectivity index (χ2n) is 5.20. The summed E-state index contributed by atoms with van der Waals surface area (Å²) in [5.74, 6) is 1.20. The maximum Gasteiger partial charge on any atom is 0.298 e. The molecule has 96 valence electrons. The molecular formula is C15H12N5+. The van der Waals surface area contributed by atoms with E-state index in [2.05, 4.69) is 48.9 Å². The summed E-state index contributed by atoms with van der Waals surface area (Å²) < 4.78 is 6.74. The van der Waals surface area contributed by atoms with Crippen LogP contribution in [0.5, 0.6) is 0 Å². The topological polar surface area (TPSA) is 39.0 Å². The van der Waals surface area contributed by atoms with E-state index < -0.39 is 0 Å². The smallest absolute Gasteiger partial charge is 0.298 e. The lowest BCUT2D eigenvalue weighted by Crippen LogP contribution is -2.30. The van der Waals surface area contributed by atoms with Gasteiger partial charge in [-0.15, -0.1) is 0 Å². The molecule has 4 aromatic rings. The number of pyridine rings is 2. The average molecular weight is 262 g/mol. The van der Waals surface area contributed by atoms with Crippen LogP contribution in [0.15, 0.2) is 43.0 Å². The molecule has 0 unspecified atom stereocenters. The van der Waals surface area contributed by atoms with E-state index in [0.717, 1.165) is 17.8 Å². The van der Waals surface area contributed by atoms with Gasteiger partial charge in [0.1, 0.15) is 6.54 Å². The number of imidazole rings is 2. The van der Waals surface area contributed by atoms with E-state index >= 15 is 0 Å². The Morgan fingerprint density at radius 2 is 2.15 bits per heavy atom. The molecular weight excluding hydrogens is 250 g/mol. The second kappa shape index (κ2) is 3.25. The SMILES string of the molecule is Cn1c2ccncc2n2c3[n+](cc12)Cc1ncccc1-3. The number of nitrogens with zero attached hydrogens (tertiary/aromatic N) is 5. The van der Waals surface area contributed by atoms with Gasteiger partial charge in [-0.3, -0.25) is 9.97 Å². The second-order valence-corrected chi connectivity index (χ2v) is 5.20. The van der Waals surface area contributed by atoms with Gasteiger partial charge >= 0.3 is 0 Å². The molecule has 0 spiro atoms. The van der Waals surface area contributed by atoms with Crippen LogP contribution in [0.2, 0.25) is 0 Å². The van der Waals surface area contributed by atoms with Gasteiger partial charge in [-0.1, -0.05) is 0 Å². The lowest BCUT2D eigenvalue weighted by Gasteiger charge is -1.92. The third-order valence-corrected chi connectivity index (χ3v) is 4.16. The first kappa shape index (κ1) is 10.1. The zero-order valence-electron chi connectivity index (χ0n) is 11.0. The summed E-state index contributed by atoms with van der Waals surface area (Å²) in [5.41, 5.74) is 5.85. The molecule has 0 aromatic carbocycles. The summed E-state index contributed by atoms with van der Waals surface area (Å²) in [6, 6.07) is 6.19. The molecule has 5 nitrogen and oxygen atoms in total. The molecule has 4 aromatic heterocycles. The van der Waals surface area contributed by atoms with Crippen LogP contribution in [-0.4, -0.2) is 18.9 Å². The number of hydrogen-bond donors (Lipinski definition) is 0. The Morgan fingerprint density at radius 1 is 1.20 bits per heavy atom. The monoisotopic (exact) mass is 262 g/mol. The number of fused-ring (bicyclic) bond motifs is 7. The largest absolute Gasteiger partial charge is 0.305 e. The maximum absolute atomic E-state index is 4.48. The minimum absolute atomic E-state index is 0.842. The Balaban J connectivity index is 2.03. The Morgan fingerprint density at radius 3 is 3.10 bits per heavy atom. The molecule has 0 saturated carbocycles. The van der Waals surface area contributed by atoms with Gasteiger partial charge in [-0.25, -0.2) is 4.57 Å². The highest BCUT2D eigenvalue weighted by atomic mass is 15.2. The van der Waals surface area contributed by atoms with Crippen LogP contribution >= 0.6 is 0 Å². The Bertz CT molecular complexity index is 992. The first-order valence-corrected chi connectivity index (χ1v) is 6.62. The van der Waals surface area contributed by atoms with E-state index in [1.165, 1.54) is 22.6 Å². The van der Waals surface area contributed by atoms with Crippen LogP contribution in [-0.2, 0) is 13.6 Å². The third-order valence-electron chi connectivity index (χ3n) is 4.16. The van der Waals surface area contributed by atoms with Crippen LogP contribution in [0.1, 0.15) is 5.69 Å². The van der Waals surface area contributed by atoms with Gasteiger partial charge in [0.25, 0.3) is 5.82 Å². The van der Waals surface area contributed by atoms with Crippen molar-refractivity contribution in [3.05, 3.63) is 48.7 Å². The summed E-state index contributed by atoms with van der Waals surface area (Å²) >= 11 is 0. The highest BCUT2D eigenvalue weighted by Crippen LogP contribution is 2.30. The van der Waals surface area contributed by atoms with Gasteiger partial charge in [0.15, 0.2) is 11.7 Å². The fourth-order valence-electron chi connectivity index (χ4n) is 3.25. The molecule has 5 heterocycles. The standard InChI is InChI=1S/C15H12N5/c1-18-12-4-6-16-7-13(12)20-14(18)9-19-8-11-10(15(19)20)3-2-5-17-11/h2-7,9H,8H2,1H3/q+1. The first-order valence-electron chi connectivity index (χ1n) is 6.62. The lowest BCUT2D eigenvalue weighted by molar-refractivity contribution is -0.670. The van der Waals surface area contributed by atoms with Crippen LogP contribution < -0.4 is 4.57 Å². The molecule has 1 aliphatic rings. The molecule has 0 amide bonds. The van der Waals surface area contributed by atoms with Crippen LogP contribution in [0.3, 0.4) is 0 Å². The number of rotatable bonds is 0. The zero-order chi connectivity index (χ0) is 13.3. The van der Waals surface area contributed by atoms with Crippen molar-refractivity contribution in [2.45, 2.75) is 6.54 Å². The van der Waals surface area contributed by atoms with Crippen molar-refractivity contribution in [3.8, 4) is 11.4 Å². The normalized spacial score (nSPS) is 13.1. The van der Waals surface area contributed by atoms with Crippen molar-refractivity contribution in [1.82, 2.24) is 18.9 Å². The summed E-state index contributed by atoms with van der Waals surface area (Å²) in [6.45, 7) is 0.842. The van der Waals surface area contributed by atoms with Crippen molar-refractivity contribution in [2.75, 3.05) is 0 Å². The third kappa shape index (κ3) is 1.02. The summed E-state index contributed by atoms with van der Waals surface area (Å²) in [5, 5.41) is 0. The van der Waals surface area contributed by atoms with Gasteiger partial charge in [0, 0.05) is 19.4 Å². The van der Waals surface area contributed by atoms with E-state index in [4.69, 9.17) is 0 Å². The van der Waals surface area contributed by atoms with Gasteiger partial charge < -0.3 is 4.57 Å². The minimum atomic E-state index is 0.842. The van der Waals surface area contributed by atoms with E-state index in [0.29, 0.717) is 0 Å². The summed E-state index contributed by atoms with van der Waals surface area (Å²) in [6.07, 6.45) is 7.82. The Hall–Kier alpha value is -2.69. The number of hydrogen-bond acceptors (Lipinski definition) is 2. The average Bonchev–Trinajstić information content (AvgIpc) is 3.08. The first-order chi connectivity index (χ1) is 9.84. The highest BCUT2D eigenvalue weighted by molar-refractivity contribution is 5.83. The minimum Gasteiger partial charge on any atom is -0.305 e. The number of aryl methyl sites for hydroxylation is 1. The predicted molar refractivity (Wildman–Crippen MR) is 74.2 cm³/mol. The quantitative estimate of drug-likeness (QED) is 0.397. The van der Waals surface area contributed by atoms with Crippen LogP contribution in [0.25, 0.3) is 28.1 Å². The maximum atomic E-state index is 4.48. The molecule has 0 bridgehead atoms. The molecule has 0 atom stereocenters. The van der Waals surface area contributed by atoms with Gasteiger partial charge in [0.05, 0.1) is 23.0 Å². The van der Waals surface area contributed by atoms with Crippen molar-refractivity contribution >= 4 is 16.7 Å². The van der Waals surface area contributed by atoms with Crippen molar-refractivity contribution in [3.63, 3.8) is 0 Å². The highest BCUT2D eigenvalue weighted by Gasteiger charge is 2.33. The molecule has 20 heavy (non-hydrogen) atoms. The fourth-order valence-corrected chi connectivity index (χ4v) is 3.25. The molecule has 1 aliphatic heterocycles. The van der Waals surface area contributed by atoms with Crippen molar-refractivity contribution < 1.29 is 4.57 Å². The van der Waals surface area contributed by atoms with E-state index in [1.54, 1.807) is 0 Å². The molecule has 0 radical (unpaired) electrons. The molecule has 5 rings (SSSR count). The van der Waals surface area contributed by atoms with Crippen molar-refractivity contribution in [2.24, 2.45) is 7.05 Å². The van der Waals surface area contributed by atoms with Gasteiger partial charge in [-0.05, 0) is 18.2 Å². The lowest BCUT2D eigenvalue weighted by atomic mass is 10.2. The van der Waals surface area contributed by atoms with E-state index in [1.807, 2.05) is 24.7 Å². The molecule has 0 fully saturated rings. The molecule has 0 N–H and O–H groups in total. The molecule has 0 saturated heterocycles.